The van der Waals surface area contributed by atoms with Crippen LogP contribution < -0.4 is 0 Å². The Balaban J connectivity index is 2.02. The van der Waals surface area contributed by atoms with Crippen molar-refractivity contribution in [3.63, 3.8) is 0 Å². The molecule has 2 aromatic rings. The molecule has 0 saturated heterocycles. The van der Waals surface area contributed by atoms with E-state index in [4.69, 9.17) is 9.47 Å². The fourth-order valence-corrected chi connectivity index (χ4v) is 4.01. The molecular formula is C18H18BrNO3S2. The molecule has 25 heavy (non-hydrogen) atoms. The summed E-state index contributed by atoms with van der Waals surface area (Å²) >= 11 is 5.02. The lowest BCUT2D eigenvalue weighted by Gasteiger charge is -2.15. The van der Waals surface area contributed by atoms with Crippen LogP contribution in [0.3, 0.4) is 0 Å². The molecule has 2 heterocycles. The van der Waals surface area contributed by atoms with Crippen LogP contribution in [-0.4, -0.2) is 14.7 Å². The van der Waals surface area contributed by atoms with Crippen LogP contribution in [0.25, 0.3) is 0 Å². The third-order valence-electron chi connectivity index (χ3n) is 3.38. The largest absolute Gasteiger partial charge is 0.454 e. The van der Waals surface area contributed by atoms with Crippen LogP contribution in [0, 0.1) is 0 Å². The van der Waals surface area contributed by atoms with Crippen LogP contribution in [0.5, 0.6) is 0 Å². The number of ether oxygens (including phenoxy) is 2. The van der Waals surface area contributed by atoms with Gasteiger partial charge in [0, 0.05) is 21.0 Å². The molecule has 0 spiro atoms. The fraction of sp³-hybridized carbons (Fsp3) is 0.278. The average molecular weight is 440 g/mol. The minimum atomic E-state index is -1.37. The average Bonchev–Trinajstić information content (AvgIpc) is 3.22. The van der Waals surface area contributed by atoms with Gasteiger partial charge in [0.1, 0.15) is 23.5 Å². The molecule has 0 saturated carbocycles. The highest BCUT2D eigenvalue weighted by atomic mass is 79.9. The lowest BCUT2D eigenvalue weighted by Crippen LogP contribution is -2.21. The number of benzene rings is 1. The summed E-state index contributed by atoms with van der Waals surface area (Å²) in [4.78, 5) is 0.934. The van der Waals surface area contributed by atoms with Crippen molar-refractivity contribution in [3.05, 3.63) is 68.7 Å². The van der Waals surface area contributed by atoms with E-state index in [9.17, 15) is 4.21 Å². The molecular weight excluding hydrogens is 422 g/mol. The molecule has 0 aliphatic carbocycles. The standard InChI is InChI=1S/C18H18BrNO3S2/c1-18(2,3)25(21)20-16(12-5-4-6-14(19)9-12)13-10-15(24-11-13)17-22-7-8-23-17/h4-11,17H,1-3H3/b20-16+. The Morgan fingerprint density at radius 1 is 1.20 bits per heavy atom. The summed E-state index contributed by atoms with van der Waals surface area (Å²) < 4.78 is 28.5. The third kappa shape index (κ3) is 4.40. The first-order chi connectivity index (χ1) is 11.8. The van der Waals surface area contributed by atoms with E-state index in [1.54, 1.807) is 0 Å². The van der Waals surface area contributed by atoms with Gasteiger partial charge in [0.05, 0.1) is 15.3 Å². The van der Waals surface area contributed by atoms with Crippen molar-refractivity contribution in [1.29, 1.82) is 0 Å². The summed E-state index contributed by atoms with van der Waals surface area (Å²) in [7, 11) is -1.37. The molecule has 0 amide bonds. The van der Waals surface area contributed by atoms with E-state index in [-0.39, 0.29) is 0 Å². The maximum absolute atomic E-state index is 12.6. The van der Waals surface area contributed by atoms with Crippen LogP contribution in [0.4, 0.5) is 0 Å². The van der Waals surface area contributed by atoms with Crippen molar-refractivity contribution in [2.45, 2.75) is 31.8 Å². The normalized spacial score (nSPS) is 16.6. The minimum Gasteiger partial charge on any atom is -0.454 e. The predicted octanol–water partition coefficient (Wildman–Crippen LogP) is 5.33. The van der Waals surface area contributed by atoms with E-state index in [1.807, 2.05) is 56.5 Å². The van der Waals surface area contributed by atoms with Gasteiger partial charge in [0.2, 0.25) is 0 Å². The van der Waals surface area contributed by atoms with Gasteiger partial charge in [-0.15, -0.1) is 11.3 Å². The molecule has 1 unspecified atom stereocenters. The monoisotopic (exact) mass is 439 g/mol. The smallest absolute Gasteiger partial charge is 0.275 e. The van der Waals surface area contributed by atoms with E-state index in [0.29, 0.717) is 5.71 Å². The summed E-state index contributed by atoms with van der Waals surface area (Å²) in [5.41, 5.74) is 2.50. The SMILES string of the molecule is CC(C)(C)S(=O)/N=C(\c1cccc(Br)c1)c1csc(C2OC=CO2)c1. The molecule has 1 atom stereocenters. The Hall–Kier alpha value is -1.44. The van der Waals surface area contributed by atoms with Crippen LogP contribution >= 0.6 is 27.3 Å². The molecule has 1 aliphatic rings. The highest BCUT2D eigenvalue weighted by molar-refractivity contribution is 9.10. The van der Waals surface area contributed by atoms with Crippen LogP contribution in [0.1, 0.15) is 43.1 Å². The fourth-order valence-electron chi connectivity index (χ4n) is 2.10. The second kappa shape index (κ2) is 7.43. The zero-order chi connectivity index (χ0) is 18.0. The van der Waals surface area contributed by atoms with Crippen molar-refractivity contribution < 1.29 is 13.7 Å². The van der Waals surface area contributed by atoms with Gasteiger partial charge in [0.15, 0.2) is 0 Å². The Morgan fingerprint density at radius 3 is 2.56 bits per heavy atom. The van der Waals surface area contributed by atoms with Gasteiger partial charge in [-0.2, -0.15) is 4.40 Å². The van der Waals surface area contributed by atoms with E-state index in [1.165, 1.54) is 23.9 Å². The van der Waals surface area contributed by atoms with Gasteiger partial charge < -0.3 is 9.47 Å². The third-order valence-corrected chi connectivity index (χ3v) is 6.23. The van der Waals surface area contributed by atoms with Gasteiger partial charge in [0.25, 0.3) is 6.29 Å². The van der Waals surface area contributed by atoms with Crippen molar-refractivity contribution in [2.75, 3.05) is 0 Å². The number of hydrogen-bond donors (Lipinski definition) is 0. The van der Waals surface area contributed by atoms with Gasteiger partial charge >= 0.3 is 0 Å². The maximum Gasteiger partial charge on any atom is 0.275 e. The topological polar surface area (TPSA) is 47.9 Å². The summed E-state index contributed by atoms with van der Waals surface area (Å²) in [6.45, 7) is 5.74. The Labute approximate surface area is 162 Å². The second-order valence-corrected chi connectivity index (χ2v) is 10.2. The van der Waals surface area contributed by atoms with Crippen LogP contribution in [0.2, 0.25) is 0 Å². The number of hydrogen-bond acceptors (Lipinski definition) is 4. The highest BCUT2D eigenvalue weighted by Crippen LogP contribution is 2.31. The minimum absolute atomic E-state index is 0.421. The quantitative estimate of drug-likeness (QED) is 0.604. The second-order valence-electron chi connectivity index (χ2n) is 6.43. The highest BCUT2D eigenvalue weighted by Gasteiger charge is 2.23. The molecule has 1 aromatic heterocycles. The lowest BCUT2D eigenvalue weighted by atomic mass is 10.1. The molecule has 1 aliphatic heterocycles. The van der Waals surface area contributed by atoms with Crippen molar-refractivity contribution in [1.82, 2.24) is 0 Å². The van der Waals surface area contributed by atoms with Gasteiger partial charge in [-0.25, -0.2) is 4.21 Å². The molecule has 7 heteroatoms. The molecule has 0 radical (unpaired) electrons. The van der Waals surface area contributed by atoms with Gasteiger partial charge in [-0.05, 0) is 39.0 Å². The number of thiophene rings is 1. The van der Waals surface area contributed by atoms with Crippen LogP contribution in [-0.2, 0) is 20.5 Å². The molecule has 0 fully saturated rings. The predicted molar refractivity (Wildman–Crippen MR) is 106 cm³/mol. The van der Waals surface area contributed by atoms with Crippen molar-refractivity contribution >= 4 is 44.0 Å². The molecule has 3 rings (SSSR count). The van der Waals surface area contributed by atoms with Crippen LogP contribution in [0.15, 0.2) is 57.1 Å². The van der Waals surface area contributed by atoms with Gasteiger partial charge in [-0.1, -0.05) is 28.1 Å². The van der Waals surface area contributed by atoms with E-state index in [0.717, 1.165) is 20.5 Å². The van der Waals surface area contributed by atoms with E-state index >= 15 is 0 Å². The summed E-state index contributed by atoms with van der Waals surface area (Å²) in [5.74, 6) is 0. The molecule has 0 bridgehead atoms. The van der Waals surface area contributed by atoms with E-state index < -0.39 is 22.0 Å². The first-order valence-corrected chi connectivity index (χ1v) is 10.4. The number of nitrogens with zero attached hydrogens (tertiary/aromatic N) is 1. The Kier molecular flexibility index (Phi) is 5.46. The first-order valence-electron chi connectivity index (χ1n) is 7.66. The Bertz CT molecular complexity index is 844. The summed E-state index contributed by atoms with van der Waals surface area (Å²) in [6.07, 6.45) is 2.64. The molecule has 132 valence electrons. The molecule has 0 N–H and O–H groups in total. The van der Waals surface area contributed by atoms with Crippen molar-refractivity contribution in [3.8, 4) is 0 Å². The molecule has 4 nitrogen and oxygen atoms in total. The van der Waals surface area contributed by atoms with Gasteiger partial charge in [-0.3, -0.25) is 0 Å². The lowest BCUT2D eigenvalue weighted by molar-refractivity contribution is -0.0216. The molecule has 1 aromatic carbocycles. The van der Waals surface area contributed by atoms with Crippen molar-refractivity contribution in [2.24, 2.45) is 4.40 Å². The number of halogens is 1. The van der Waals surface area contributed by atoms with E-state index in [2.05, 4.69) is 20.3 Å². The first kappa shape index (κ1) is 18.4. The summed E-state index contributed by atoms with van der Waals surface area (Å²) in [6, 6.07) is 9.80. The number of rotatable bonds is 4. The zero-order valence-electron chi connectivity index (χ0n) is 14.1. The zero-order valence-corrected chi connectivity index (χ0v) is 17.3. The summed E-state index contributed by atoms with van der Waals surface area (Å²) in [5, 5.41) is 1.99. The Morgan fingerprint density at radius 2 is 1.92 bits per heavy atom. The maximum atomic E-state index is 12.6.